The summed E-state index contributed by atoms with van der Waals surface area (Å²) in [6, 6.07) is 10.3. The quantitative estimate of drug-likeness (QED) is 0.491. The molecule has 0 bridgehead atoms. The Morgan fingerprint density at radius 3 is 2.55 bits per heavy atom. The molecule has 1 unspecified atom stereocenters. The number of urea groups is 1. The number of aromatic amines is 1. The van der Waals surface area contributed by atoms with Crippen LogP contribution in [0.25, 0.3) is 28.2 Å². The molecule has 2 N–H and O–H groups in total. The Kier molecular flexibility index (Phi) is 4.61. The van der Waals surface area contributed by atoms with Crippen LogP contribution in [0.4, 0.5) is 10.6 Å². The van der Waals surface area contributed by atoms with E-state index in [1.807, 2.05) is 52.5 Å². The molecule has 2 fully saturated rings. The molecule has 10 heteroatoms. The van der Waals surface area contributed by atoms with Gasteiger partial charge in [0.25, 0.3) is 0 Å². The Balaban J connectivity index is 1.36. The van der Waals surface area contributed by atoms with Gasteiger partial charge in [-0.2, -0.15) is 10.2 Å². The van der Waals surface area contributed by atoms with Crippen LogP contribution in [0, 0.1) is 5.92 Å². The summed E-state index contributed by atoms with van der Waals surface area (Å²) in [6.07, 6.45) is 5.25. The fourth-order valence-electron chi connectivity index (χ4n) is 4.56. The molecule has 2 saturated heterocycles. The molecular formula is C23H25N9O. The SMILES string of the molecule is CC(C)C1CN(C2CNC2)C(=O)N1c1ccn2ncc(-c3ccc(-c4nc[nH]n4)cc3)c2n1. The Morgan fingerprint density at radius 1 is 1.09 bits per heavy atom. The van der Waals surface area contributed by atoms with Gasteiger partial charge in [-0.25, -0.2) is 19.3 Å². The van der Waals surface area contributed by atoms with Crippen molar-refractivity contribution >= 4 is 17.5 Å². The molecule has 2 aliphatic rings. The fraction of sp³-hybridized carbons (Fsp3) is 0.348. The van der Waals surface area contributed by atoms with E-state index in [0.717, 1.165) is 42.0 Å². The monoisotopic (exact) mass is 443 g/mol. The number of fused-ring (bicyclic) bond motifs is 1. The first-order valence-corrected chi connectivity index (χ1v) is 11.2. The molecule has 0 radical (unpaired) electrons. The highest BCUT2D eigenvalue weighted by molar-refractivity contribution is 5.95. The van der Waals surface area contributed by atoms with E-state index in [1.165, 1.54) is 0 Å². The van der Waals surface area contributed by atoms with Gasteiger partial charge in [0.15, 0.2) is 11.5 Å². The summed E-state index contributed by atoms with van der Waals surface area (Å²) in [4.78, 5) is 26.4. The van der Waals surface area contributed by atoms with Gasteiger partial charge >= 0.3 is 6.03 Å². The van der Waals surface area contributed by atoms with Crippen LogP contribution in [0.5, 0.6) is 0 Å². The number of carbonyl (C=O) groups excluding carboxylic acids is 1. The van der Waals surface area contributed by atoms with Crippen LogP contribution in [0.2, 0.25) is 0 Å². The molecular weight excluding hydrogens is 418 g/mol. The molecule has 0 spiro atoms. The van der Waals surface area contributed by atoms with Crippen LogP contribution in [0.15, 0.2) is 49.1 Å². The second-order valence-corrected chi connectivity index (χ2v) is 8.94. The minimum atomic E-state index is 0.0361. The third-order valence-corrected chi connectivity index (χ3v) is 6.61. The average molecular weight is 444 g/mol. The third-order valence-electron chi connectivity index (χ3n) is 6.61. The average Bonchev–Trinajstić information content (AvgIpc) is 3.52. The first kappa shape index (κ1) is 19.9. The second kappa shape index (κ2) is 7.66. The summed E-state index contributed by atoms with van der Waals surface area (Å²) in [7, 11) is 0. The zero-order valence-electron chi connectivity index (χ0n) is 18.5. The molecule has 0 aliphatic carbocycles. The van der Waals surface area contributed by atoms with Crippen LogP contribution in [0.1, 0.15) is 13.8 Å². The smallest absolute Gasteiger partial charge is 0.317 e. The topological polar surface area (TPSA) is 107 Å². The number of carbonyl (C=O) groups is 1. The van der Waals surface area contributed by atoms with Crippen molar-refractivity contribution in [1.82, 2.24) is 40.0 Å². The lowest BCUT2D eigenvalue weighted by Crippen LogP contribution is -2.58. The van der Waals surface area contributed by atoms with E-state index in [-0.39, 0.29) is 18.1 Å². The van der Waals surface area contributed by atoms with Crippen molar-refractivity contribution in [3.8, 4) is 22.5 Å². The van der Waals surface area contributed by atoms with E-state index < -0.39 is 0 Å². The molecule has 5 heterocycles. The number of rotatable bonds is 5. The zero-order chi connectivity index (χ0) is 22.5. The molecule has 0 saturated carbocycles. The van der Waals surface area contributed by atoms with Crippen molar-refractivity contribution in [3.63, 3.8) is 0 Å². The highest BCUT2D eigenvalue weighted by atomic mass is 16.2. The molecule has 33 heavy (non-hydrogen) atoms. The van der Waals surface area contributed by atoms with E-state index in [0.29, 0.717) is 17.6 Å². The largest absolute Gasteiger partial charge is 0.326 e. The Morgan fingerprint density at radius 2 is 1.88 bits per heavy atom. The Hall–Kier alpha value is -3.79. The van der Waals surface area contributed by atoms with E-state index in [2.05, 4.69) is 39.4 Å². The lowest BCUT2D eigenvalue weighted by Gasteiger charge is -2.35. The minimum absolute atomic E-state index is 0.0361. The number of hydrogen-bond donors (Lipinski definition) is 2. The van der Waals surface area contributed by atoms with Gasteiger partial charge in [0.1, 0.15) is 12.1 Å². The lowest BCUT2D eigenvalue weighted by molar-refractivity contribution is 0.172. The van der Waals surface area contributed by atoms with Crippen LogP contribution in [0.3, 0.4) is 0 Å². The van der Waals surface area contributed by atoms with Crippen molar-refractivity contribution in [2.24, 2.45) is 5.92 Å². The molecule has 3 aromatic heterocycles. The van der Waals surface area contributed by atoms with Crippen molar-refractivity contribution in [2.45, 2.75) is 25.9 Å². The predicted molar refractivity (Wildman–Crippen MR) is 124 cm³/mol. The number of nitrogens with zero attached hydrogens (tertiary/aromatic N) is 7. The van der Waals surface area contributed by atoms with Crippen LogP contribution in [-0.2, 0) is 0 Å². The van der Waals surface area contributed by atoms with Gasteiger partial charge in [-0.05, 0) is 17.5 Å². The zero-order valence-corrected chi connectivity index (χ0v) is 18.5. The van der Waals surface area contributed by atoms with Gasteiger partial charge in [0, 0.05) is 37.0 Å². The van der Waals surface area contributed by atoms with Gasteiger partial charge in [-0.15, -0.1) is 0 Å². The number of nitrogens with one attached hydrogen (secondary N) is 2. The summed E-state index contributed by atoms with van der Waals surface area (Å²) in [5.41, 5.74) is 3.55. The molecule has 168 valence electrons. The molecule has 2 amide bonds. The van der Waals surface area contributed by atoms with E-state index >= 15 is 0 Å². The predicted octanol–water partition coefficient (Wildman–Crippen LogP) is 2.42. The number of anilines is 1. The number of benzene rings is 1. The third kappa shape index (κ3) is 3.25. The number of amides is 2. The van der Waals surface area contributed by atoms with Crippen LogP contribution in [-0.4, -0.2) is 72.4 Å². The van der Waals surface area contributed by atoms with Crippen molar-refractivity contribution < 1.29 is 4.79 Å². The summed E-state index contributed by atoms with van der Waals surface area (Å²) in [5.74, 6) is 1.64. The summed E-state index contributed by atoms with van der Waals surface area (Å²) < 4.78 is 1.75. The first-order valence-electron chi connectivity index (χ1n) is 11.2. The van der Waals surface area contributed by atoms with Crippen molar-refractivity contribution in [1.29, 1.82) is 0 Å². The molecule has 4 aromatic rings. The minimum Gasteiger partial charge on any atom is -0.317 e. The van der Waals surface area contributed by atoms with Gasteiger partial charge in [-0.1, -0.05) is 38.1 Å². The van der Waals surface area contributed by atoms with E-state index in [9.17, 15) is 4.79 Å². The lowest BCUT2D eigenvalue weighted by atomic mass is 10.0. The maximum Gasteiger partial charge on any atom is 0.326 e. The molecule has 1 aromatic carbocycles. The summed E-state index contributed by atoms with van der Waals surface area (Å²) in [5, 5.41) is 14.6. The van der Waals surface area contributed by atoms with Crippen LogP contribution >= 0.6 is 0 Å². The van der Waals surface area contributed by atoms with Gasteiger partial charge in [0.05, 0.1) is 18.3 Å². The first-order chi connectivity index (χ1) is 16.1. The maximum atomic E-state index is 13.4. The fourth-order valence-corrected chi connectivity index (χ4v) is 4.56. The molecule has 1 atom stereocenters. The normalized spacial score (nSPS) is 19.1. The number of aromatic nitrogens is 6. The number of H-pyrrole nitrogens is 1. The van der Waals surface area contributed by atoms with Gasteiger partial charge in [0.2, 0.25) is 0 Å². The molecule has 2 aliphatic heterocycles. The van der Waals surface area contributed by atoms with Crippen molar-refractivity contribution in [2.75, 3.05) is 24.5 Å². The standard InChI is InChI=1S/C23H25N9O/c1-14(2)19-12-30(17-9-24-10-17)23(33)32(19)20-7-8-31-22(28-20)18(11-27-31)15-3-5-16(6-4-15)21-25-13-26-29-21/h3-8,11,13-14,17,19,24H,9-10,12H2,1-2H3,(H,25,26,29). The molecule has 10 nitrogen and oxygen atoms in total. The van der Waals surface area contributed by atoms with E-state index in [1.54, 1.807) is 10.8 Å². The Bertz CT molecular complexity index is 1290. The van der Waals surface area contributed by atoms with E-state index in [4.69, 9.17) is 4.98 Å². The summed E-state index contributed by atoms with van der Waals surface area (Å²) >= 11 is 0. The Labute approximate surface area is 190 Å². The molecule has 6 rings (SSSR count). The van der Waals surface area contributed by atoms with Gasteiger partial charge in [-0.3, -0.25) is 10.00 Å². The van der Waals surface area contributed by atoms with Crippen LogP contribution < -0.4 is 10.2 Å². The highest BCUT2D eigenvalue weighted by Gasteiger charge is 2.44. The van der Waals surface area contributed by atoms with Crippen molar-refractivity contribution in [3.05, 3.63) is 49.1 Å². The highest BCUT2D eigenvalue weighted by Crippen LogP contribution is 2.32. The second-order valence-electron chi connectivity index (χ2n) is 8.94. The maximum absolute atomic E-state index is 13.4. The summed E-state index contributed by atoms with van der Waals surface area (Å²) in [6.45, 7) is 6.75. The van der Waals surface area contributed by atoms with Gasteiger partial charge < -0.3 is 10.2 Å². The number of hydrogen-bond acceptors (Lipinski definition) is 6.